The van der Waals surface area contributed by atoms with Crippen LogP contribution in [0.15, 0.2) is 52.1 Å². The first-order valence-electron chi connectivity index (χ1n) is 8.60. The summed E-state index contributed by atoms with van der Waals surface area (Å²) in [5, 5.41) is 18.4. The van der Waals surface area contributed by atoms with Crippen LogP contribution in [0.25, 0.3) is 5.13 Å². The number of methoxy groups -OCH3 is 1. The molecule has 4 aromatic rings. The lowest BCUT2D eigenvalue weighted by molar-refractivity contribution is 0.0991. The fourth-order valence-corrected chi connectivity index (χ4v) is 3.31. The zero-order valence-electron chi connectivity index (χ0n) is 15.8. The Morgan fingerprint density at radius 1 is 1.27 bits per heavy atom. The molecular formula is C18H15N7O4S. The Kier molecular flexibility index (Phi) is 5.22. The Labute approximate surface area is 173 Å². The first-order valence-corrected chi connectivity index (χ1v) is 9.42. The highest BCUT2D eigenvalue weighted by molar-refractivity contribution is 7.17. The van der Waals surface area contributed by atoms with E-state index in [1.807, 2.05) is 13.0 Å². The van der Waals surface area contributed by atoms with Crippen molar-refractivity contribution in [2.24, 2.45) is 0 Å². The number of ether oxygens (including phenoxy) is 1. The number of carbonyl (C=O) groups is 1. The van der Waals surface area contributed by atoms with E-state index >= 15 is 0 Å². The summed E-state index contributed by atoms with van der Waals surface area (Å²) in [7, 11) is 1.33. The monoisotopic (exact) mass is 425 g/mol. The smallest absolute Gasteiger partial charge is 0.381 e. The van der Waals surface area contributed by atoms with Gasteiger partial charge in [0.15, 0.2) is 5.76 Å². The van der Waals surface area contributed by atoms with Crippen LogP contribution in [-0.4, -0.2) is 38.0 Å². The number of anilines is 3. The molecule has 0 atom stereocenters. The summed E-state index contributed by atoms with van der Waals surface area (Å²) in [4.78, 5) is 28.9. The first kappa shape index (κ1) is 19.3. The minimum absolute atomic E-state index is 0.0669. The molecule has 1 amide bonds. The van der Waals surface area contributed by atoms with E-state index in [-0.39, 0.29) is 22.3 Å². The Morgan fingerprint density at radius 2 is 2.13 bits per heavy atom. The number of nitrogens with one attached hydrogen (secondary N) is 2. The number of aryl methyl sites for hydroxylation is 1. The summed E-state index contributed by atoms with van der Waals surface area (Å²) >= 11 is 1.12. The van der Waals surface area contributed by atoms with Crippen molar-refractivity contribution in [1.82, 2.24) is 25.0 Å². The Hall–Kier alpha value is -4.06. The van der Waals surface area contributed by atoms with Gasteiger partial charge in [0.05, 0.1) is 24.7 Å². The van der Waals surface area contributed by atoms with E-state index in [1.54, 1.807) is 35.4 Å². The topological polar surface area (TPSA) is 137 Å². The number of rotatable bonds is 6. The molecule has 30 heavy (non-hydrogen) atoms. The lowest BCUT2D eigenvalue weighted by Crippen LogP contribution is -2.16. The fraction of sp³-hybridized carbons (Fsp3) is 0.111. The molecule has 11 nitrogen and oxygen atoms in total. The molecule has 0 aliphatic rings. The molecule has 4 rings (SSSR count). The second-order valence-corrected chi connectivity index (χ2v) is 6.90. The second kappa shape index (κ2) is 8.13. The van der Waals surface area contributed by atoms with Crippen LogP contribution in [0.3, 0.4) is 0 Å². The van der Waals surface area contributed by atoms with Crippen LogP contribution in [0.1, 0.15) is 16.2 Å². The van der Waals surface area contributed by atoms with Crippen molar-refractivity contribution >= 4 is 33.8 Å². The second-order valence-electron chi connectivity index (χ2n) is 5.94. The largest absolute Gasteiger partial charge is 0.488 e. The van der Waals surface area contributed by atoms with Gasteiger partial charge in [-0.1, -0.05) is 11.3 Å². The van der Waals surface area contributed by atoms with Crippen LogP contribution >= 0.6 is 11.3 Å². The highest BCUT2D eigenvalue weighted by atomic mass is 32.1. The van der Waals surface area contributed by atoms with Gasteiger partial charge >= 0.3 is 5.63 Å². The zero-order chi connectivity index (χ0) is 21.1. The van der Waals surface area contributed by atoms with E-state index in [0.717, 1.165) is 17.0 Å². The Bertz CT molecular complexity index is 1250. The van der Waals surface area contributed by atoms with Crippen LogP contribution in [-0.2, 0) is 0 Å². The van der Waals surface area contributed by atoms with E-state index in [2.05, 4.69) is 30.9 Å². The number of aromatic nitrogens is 5. The minimum atomic E-state index is -0.804. The van der Waals surface area contributed by atoms with Crippen molar-refractivity contribution < 1.29 is 13.9 Å². The molecule has 0 saturated carbocycles. The molecule has 0 aliphatic carbocycles. The van der Waals surface area contributed by atoms with Crippen molar-refractivity contribution in [2.75, 3.05) is 17.7 Å². The number of amides is 1. The maximum Gasteiger partial charge on any atom is 0.381 e. The lowest BCUT2D eigenvalue weighted by atomic mass is 10.3. The van der Waals surface area contributed by atoms with Gasteiger partial charge in [-0.15, -0.1) is 10.2 Å². The minimum Gasteiger partial charge on any atom is -0.488 e. The third-order valence-corrected chi connectivity index (χ3v) is 4.74. The molecule has 12 heteroatoms. The van der Waals surface area contributed by atoms with Crippen molar-refractivity contribution in [3.05, 3.63) is 64.7 Å². The van der Waals surface area contributed by atoms with E-state index in [4.69, 9.17) is 9.15 Å². The third-order valence-electron chi connectivity index (χ3n) is 3.92. The summed E-state index contributed by atoms with van der Waals surface area (Å²) in [5.74, 6) is -0.953. The van der Waals surface area contributed by atoms with Gasteiger partial charge in [-0.05, 0) is 25.1 Å². The number of hydrogen-bond donors (Lipinski definition) is 2. The zero-order valence-corrected chi connectivity index (χ0v) is 16.6. The SMILES string of the molecule is COc1c(Nc2cccnc2)cc(C(=O)Nc2nnc(-n3nccc3C)s2)oc1=O. The van der Waals surface area contributed by atoms with Crippen molar-refractivity contribution in [2.45, 2.75) is 6.92 Å². The first-order chi connectivity index (χ1) is 14.5. The summed E-state index contributed by atoms with van der Waals surface area (Å²) < 4.78 is 11.8. The van der Waals surface area contributed by atoms with E-state index in [9.17, 15) is 9.59 Å². The summed E-state index contributed by atoms with van der Waals surface area (Å²) in [6.07, 6.45) is 4.81. The molecule has 0 unspecified atom stereocenters. The highest BCUT2D eigenvalue weighted by Gasteiger charge is 2.19. The summed E-state index contributed by atoms with van der Waals surface area (Å²) in [6, 6.07) is 6.66. The number of pyridine rings is 1. The predicted octanol–water partition coefficient (Wildman–Crippen LogP) is 2.38. The number of nitrogens with zero attached hydrogens (tertiary/aromatic N) is 5. The van der Waals surface area contributed by atoms with Crippen molar-refractivity contribution in [1.29, 1.82) is 0 Å². The maximum absolute atomic E-state index is 12.6. The predicted molar refractivity (Wildman–Crippen MR) is 109 cm³/mol. The van der Waals surface area contributed by atoms with Crippen LogP contribution in [0.5, 0.6) is 5.75 Å². The quantitative estimate of drug-likeness (QED) is 0.477. The molecule has 0 saturated heterocycles. The summed E-state index contributed by atoms with van der Waals surface area (Å²) in [6.45, 7) is 1.87. The van der Waals surface area contributed by atoms with E-state index in [1.165, 1.54) is 13.2 Å². The molecule has 4 aromatic heterocycles. The van der Waals surface area contributed by atoms with Gasteiger partial charge in [0.1, 0.15) is 0 Å². The lowest BCUT2D eigenvalue weighted by Gasteiger charge is -2.10. The Morgan fingerprint density at radius 3 is 2.83 bits per heavy atom. The molecule has 0 bridgehead atoms. The molecule has 0 spiro atoms. The van der Waals surface area contributed by atoms with Crippen LogP contribution in [0.4, 0.5) is 16.5 Å². The summed E-state index contributed by atoms with van der Waals surface area (Å²) in [5.41, 5.74) is 0.936. The molecular weight excluding hydrogens is 410 g/mol. The molecule has 0 aromatic carbocycles. The molecule has 152 valence electrons. The highest BCUT2D eigenvalue weighted by Crippen LogP contribution is 2.26. The van der Waals surface area contributed by atoms with Gasteiger partial charge < -0.3 is 14.5 Å². The Balaban J connectivity index is 1.59. The number of carbonyl (C=O) groups excluding carboxylic acids is 1. The van der Waals surface area contributed by atoms with Gasteiger partial charge in [0, 0.05) is 24.2 Å². The third kappa shape index (κ3) is 3.89. The molecule has 0 aliphatic heterocycles. The van der Waals surface area contributed by atoms with Crippen LogP contribution in [0.2, 0.25) is 0 Å². The molecule has 4 heterocycles. The standard InChI is InChI=1S/C18H15N7O4S/c1-10-5-7-20-25(10)18-24-23-17(30-18)22-15(26)13-8-12(14(28-2)16(27)29-13)21-11-4-3-6-19-9-11/h3-9,21H,1-2H3,(H,22,23,26). The molecule has 0 radical (unpaired) electrons. The fourth-order valence-electron chi connectivity index (χ4n) is 2.55. The number of hydrogen-bond acceptors (Lipinski definition) is 10. The van der Waals surface area contributed by atoms with Crippen molar-refractivity contribution in [3.63, 3.8) is 0 Å². The van der Waals surface area contributed by atoms with Gasteiger partial charge in [-0.25, -0.2) is 9.48 Å². The van der Waals surface area contributed by atoms with Crippen molar-refractivity contribution in [3.8, 4) is 10.9 Å². The molecule has 2 N–H and O–H groups in total. The normalized spacial score (nSPS) is 10.6. The van der Waals surface area contributed by atoms with E-state index < -0.39 is 11.5 Å². The molecule has 0 fully saturated rings. The average Bonchev–Trinajstić information content (AvgIpc) is 3.37. The van der Waals surface area contributed by atoms with E-state index in [0.29, 0.717) is 10.8 Å². The van der Waals surface area contributed by atoms with Crippen LogP contribution in [0, 0.1) is 6.92 Å². The van der Waals surface area contributed by atoms with Gasteiger partial charge in [-0.2, -0.15) is 5.10 Å². The van der Waals surface area contributed by atoms with Gasteiger partial charge in [0.25, 0.3) is 5.91 Å². The van der Waals surface area contributed by atoms with Gasteiger partial charge in [-0.3, -0.25) is 15.1 Å². The van der Waals surface area contributed by atoms with Crippen LogP contribution < -0.4 is 21.0 Å². The van der Waals surface area contributed by atoms with Gasteiger partial charge in [0.2, 0.25) is 16.0 Å². The average molecular weight is 425 g/mol. The maximum atomic E-state index is 12.6.